The summed E-state index contributed by atoms with van der Waals surface area (Å²) in [6.45, 7) is 3.87. The quantitative estimate of drug-likeness (QED) is 0.935. The highest BCUT2D eigenvalue weighted by Crippen LogP contribution is 2.35. The van der Waals surface area contributed by atoms with Crippen LogP contribution < -0.4 is 5.73 Å². The Balaban J connectivity index is 1.93. The zero-order valence-electron chi connectivity index (χ0n) is 12.6. The highest BCUT2D eigenvalue weighted by Gasteiger charge is 2.37. The molecule has 3 rings (SSSR count). The first kappa shape index (κ1) is 14.1. The van der Waals surface area contributed by atoms with Crippen LogP contribution in [-0.2, 0) is 4.79 Å². The molecule has 2 N–H and O–H groups in total. The Hall–Kier alpha value is -1.87. The fraction of sp³-hybridized carbons (Fsp3) is 0.389. The Labute approximate surface area is 125 Å². The molecule has 1 unspecified atom stereocenters. The van der Waals surface area contributed by atoms with Crippen LogP contribution in [0.25, 0.3) is 10.8 Å². The molecule has 1 saturated carbocycles. The molecule has 0 aliphatic heterocycles. The molecule has 0 saturated heterocycles. The van der Waals surface area contributed by atoms with Crippen LogP contribution in [0.2, 0.25) is 0 Å². The molecule has 1 aliphatic rings. The molecule has 1 fully saturated rings. The fourth-order valence-electron chi connectivity index (χ4n) is 2.90. The molecule has 21 heavy (non-hydrogen) atoms. The summed E-state index contributed by atoms with van der Waals surface area (Å²) in [5, 5.41) is 2.44. The van der Waals surface area contributed by atoms with Crippen molar-refractivity contribution in [3.63, 3.8) is 0 Å². The molecule has 110 valence electrons. The van der Waals surface area contributed by atoms with Gasteiger partial charge in [-0.15, -0.1) is 0 Å². The summed E-state index contributed by atoms with van der Waals surface area (Å²) in [6, 6.07) is 14.7. The Kier molecular flexibility index (Phi) is 3.68. The largest absolute Gasteiger partial charge is 0.332 e. The molecule has 3 nitrogen and oxygen atoms in total. The zero-order valence-corrected chi connectivity index (χ0v) is 12.6. The molecule has 2 aromatic rings. The van der Waals surface area contributed by atoms with Crippen LogP contribution in [0.3, 0.4) is 0 Å². The lowest BCUT2D eigenvalue weighted by molar-refractivity contribution is -0.135. The standard InChI is InChI=1S/C18H22N2O/c1-12(19)18(21)20(17-9-10-17)13(2)15-8-7-14-5-3-4-6-16(14)11-15/h3-8,11-13,17H,9-10,19H2,1-2H3/t12-,13?/m0/s1. The van der Waals surface area contributed by atoms with E-state index in [9.17, 15) is 4.79 Å². The van der Waals surface area contributed by atoms with Gasteiger partial charge in [-0.3, -0.25) is 4.79 Å². The summed E-state index contributed by atoms with van der Waals surface area (Å²) >= 11 is 0. The van der Waals surface area contributed by atoms with Gasteiger partial charge in [-0.1, -0.05) is 36.4 Å². The summed E-state index contributed by atoms with van der Waals surface area (Å²) in [6.07, 6.45) is 2.19. The summed E-state index contributed by atoms with van der Waals surface area (Å²) in [4.78, 5) is 14.4. The number of hydrogen-bond donors (Lipinski definition) is 1. The number of nitrogens with zero attached hydrogens (tertiary/aromatic N) is 1. The number of carbonyl (C=O) groups is 1. The van der Waals surface area contributed by atoms with E-state index in [0.717, 1.165) is 12.8 Å². The van der Waals surface area contributed by atoms with E-state index in [0.29, 0.717) is 6.04 Å². The van der Waals surface area contributed by atoms with Gasteiger partial charge in [-0.25, -0.2) is 0 Å². The third-order valence-electron chi connectivity index (χ3n) is 4.26. The van der Waals surface area contributed by atoms with Crippen molar-refractivity contribution >= 4 is 16.7 Å². The van der Waals surface area contributed by atoms with Gasteiger partial charge in [0.2, 0.25) is 5.91 Å². The predicted molar refractivity (Wildman–Crippen MR) is 85.9 cm³/mol. The van der Waals surface area contributed by atoms with Crippen LogP contribution in [0.4, 0.5) is 0 Å². The normalized spacial score (nSPS) is 17.5. The lowest BCUT2D eigenvalue weighted by atomic mass is 10.0. The number of hydrogen-bond acceptors (Lipinski definition) is 2. The molecule has 0 radical (unpaired) electrons. The number of fused-ring (bicyclic) bond motifs is 1. The average Bonchev–Trinajstić information content (AvgIpc) is 3.31. The van der Waals surface area contributed by atoms with Gasteiger partial charge >= 0.3 is 0 Å². The van der Waals surface area contributed by atoms with Crippen LogP contribution in [0, 0.1) is 0 Å². The smallest absolute Gasteiger partial charge is 0.239 e. The van der Waals surface area contributed by atoms with Crippen LogP contribution in [0.1, 0.15) is 38.3 Å². The van der Waals surface area contributed by atoms with Crippen molar-refractivity contribution in [3.8, 4) is 0 Å². The number of benzene rings is 2. The third-order valence-corrected chi connectivity index (χ3v) is 4.26. The van der Waals surface area contributed by atoms with Gasteiger partial charge < -0.3 is 10.6 Å². The van der Waals surface area contributed by atoms with Gasteiger partial charge in [0.25, 0.3) is 0 Å². The van der Waals surface area contributed by atoms with Gasteiger partial charge in [0.1, 0.15) is 0 Å². The van der Waals surface area contributed by atoms with E-state index < -0.39 is 6.04 Å². The van der Waals surface area contributed by atoms with E-state index in [1.807, 2.05) is 17.0 Å². The Morgan fingerprint density at radius 1 is 1.14 bits per heavy atom. The van der Waals surface area contributed by atoms with E-state index in [1.54, 1.807) is 6.92 Å². The van der Waals surface area contributed by atoms with Crippen molar-refractivity contribution in [2.45, 2.75) is 44.8 Å². The topological polar surface area (TPSA) is 46.3 Å². The lowest BCUT2D eigenvalue weighted by Gasteiger charge is -2.31. The van der Waals surface area contributed by atoms with Crippen molar-refractivity contribution in [1.82, 2.24) is 4.90 Å². The lowest BCUT2D eigenvalue weighted by Crippen LogP contribution is -2.44. The van der Waals surface area contributed by atoms with Crippen LogP contribution in [-0.4, -0.2) is 22.9 Å². The van der Waals surface area contributed by atoms with E-state index >= 15 is 0 Å². The minimum Gasteiger partial charge on any atom is -0.332 e. The van der Waals surface area contributed by atoms with Gasteiger partial charge in [0.05, 0.1) is 12.1 Å². The molecule has 1 aliphatic carbocycles. The first-order valence-electron chi connectivity index (χ1n) is 7.64. The van der Waals surface area contributed by atoms with E-state index in [1.165, 1.54) is 16.3 Å². The highest BCUT2D eigenvalue weighted by atomic mass is 16.2. The van der Waals surface area contributed by atoms with Gasteiger partial charge in [0.15, 0.2) is 0 Å². The molecule has 0 bridgehead atoms. The number of amides is 1. The predicted octanol–water partition coefficient (Wildman–Crippen LogP) is 3.24. The first-order valence-corrected chi connectivity index (χ1v) is 7.64. The third kappa shape index (κ3) is 2.79. The van der Waals surface area contributed by atoms with Crippen molar-refractivity contribution in [1.29, 1.82) is 0 Å². The monoisotopic (exact) mass is 282 g/mol. The van der Waals surface area contributed by atoms with Crippen molar-refractivity contribution in [2.24, 2.45) is 5.73 Å². The number of nitrogens with two attached hydrogens (primary N) is 1. The Morgan fingerprint density at radius 2 is 1.81 bits per heavy atom. The van der Waals surface area contributed by atoms with E-state index in [2.05, 4.69) is 37.3 Å². The summed E-state index contributed by atoms with van der Waals surface area (Å²) in [7, 11) is 0. The second-order valence-electron chi connectivity index (χ2n) is 6.05. The van der Waals surface area contributed by atoms with Crippen molar-refractivity contribution in [3.05, 3.63) is 48.0 Å². The highest BCUT2D eigenvalue weighted by molar-refractivity contribution is 5.84. The molecule has 2 aromatic carbocycles. The maximum absolute atomic E-state index is 12.4. The Morgan fingerprint density at radius 3 is 2.43 bits per heavy atom. The molecule has 3 heteroatoms. The Bertz CT molecular complexity index is 661. The molecule has 0 spiro atoms. The zero-order chi connectivity index (χ0) is 15.0. The molecular formula is C18H22N2O. The molecule has 0 heterocycles. The van der Waals surface area contributed by atoms with E-state index in [4.69, 9.17) is 5.73 Å². The minimum absolute atomic E-state index is 0.0539. The summed E-state index contributed by atoms with van der Waals surface area (Å²) in [5.74, 6) is 0.0539. The molecule has 2 atom stereocenters. The SMILES string of the molecule is CC(c1ccc2ccccc2c1)N(C(=O)[C@H](C)N)C1CC1. The van der Waals surface area contributed by atoms with Crippen LogP contribution >= 0.6 is 0 Å². The van der Waals surface area contributed by atoms with Gasteiger partial charge in [-0.05, 0) is 49.1 Å². The fourth-order valence-corrected chi connectivity index (χ4v) is 2.90. The average molecular weight is 282 g/mol. The maximum Gasteiger partial charge on any atom is 0.239 e. The summed E-state index contributed by atoms with van der Waals surface area (Å²) in [5.41, 5.74) is 6.99. The molecule has 0 aromatic heterocycles. The second-order valence-corrected chi connectivity index (χ2v) is 6.05. The van der Waals surface area contributed by atoms with Crippen molar-refractivity contribution < 1.29 is 4.79 Å². The van der Waals surface area contributed by atoms with Crippen molar-refractivity contribution in [2.75, 3.05) is 0 Å². The minimum atomic E-state index is -0.437. The summed E-state index contributed by atoms with van der Waals surface area (Å²) < 4.78 is 0. The molecule has 1 amide bonds. The van der Waals surface area contributed by atoms with Gasteiger partial charge in [0, 0.05) is 6.04 Å². The van der Waals surface area contributed by atoms with Crippen LogP contribution in [0.15, 0.2) is 42.5 Å². The first-order chi connectivity index (χ1) is 10.1. The van der Waals surface area contributed by atoms with Crippen LogP contribution in [0.5, 0.6) is 0 Å². The molecular weight excluding hydrogens is 260 g/mol. The number of rotatable bonds is 4. The van der Waals surface area contributed by atoms with E-state index in [-0.39, 0.29) is 11.9 Å². The van der Waals surface area contributed by atoms with Gasteiger partial charge in [-0.2, -0.15) is 0 Å². The maximum atomic E-state index is 12.4. The number of carbonyl (C=O) groups excluding carboxylic acids is 1. The second kappa shape index (κ2) is 5.49.